The Morgan fingerprint density at radius 1 is 1.23 bits per heavy atom. The number of alkyl halides is 3. The lowest BCUT2D eigenvalue weighted by Gasteiger charge is -2.22. The summed E-state index contributed by atoms with van der Waals surface area (Å²) in [4.78, 5) is 22.5. The molecule has 0 saturated heterocycles. The number of amides is 1. The van der Waals surface area contributed by atoms with E-state index in [0.717, 1.165) is 0 Å². The van der Waals surface area contributed by atoms with Crippen molar-refractivity contribution in [2.24, 2.45) is 5.73 Å². The molecule has 0 aliphatic carbocycles. The second-order valence-corrected chi connectivity index (χ2v) is 6.05. The zero-order chi connectivity index (χ0) is 17.6. The highest BCUT2D eigenvalue weighted by Crippen LogP contribution is 2.22. The average molecular weight is 328 g/mol. The Labute approximate surface area is 127 Å². The van der Waals surface area contributed by atoms with Crippen molar-refractivity contribution in [2.75, 3.05) is 0 Å². The maximum atomic E-state index is 12.1. The monoisotopic (exact) mass is 328 g/mol. The fourth-order valence-electron chi connectivity index (χ4n) is 1.69. The fourth-order valence-corrected chi connectivity index (χ4v) is 1.69. The number of ether oxygens (including phenoxy) is 1. The number of nitrogens with one attached hydrogen (secondary N) is 1. The minimum absolute atomic E-state index is 0.0132. The van der Waals surface area contributed by atoms with E-state index in [-0.39, 0.29) is 19.3 Å². The number of rotatable bonds is 7. The standard InChI is InChI=1S/C13H23F3N2O4/c1-12(2,3)22-11(21)18-9(10(19)20)6-4-5-8(17)7-13(14,15)16/h8-9H,4-7,17H2,1-3H3,(H,18,21)(H,19,20)/t8?,9-/m0/s1. The van der Waals surface area contributed by atoms with Crippen molar-refractivity contribution in [1.29, 1.82) is 0 Å². The van der Waals surface area contributed by atoms with Gasteiger partial charge in [-0.2, -0.15) is 13.2 Å². The Balaban J connectivity index is 4.27. The largest absolute Gasteiger partial charge is 0.480 e. The summed E-state index contributed by atoms with van der Waals surface area (Å²) in [6, 6.07) is -2.32. The van der Waals surface area contributed by atoms with Gasteiger partial charge in [-0.3, -0.25) is 0 Å². The molecule has 0 aliphatic heterocycles. The van der Waals surface area contributed by atoms with Gasteiger partial charge in [0.25, 0.3) is 0 Å². The highest BCUT2D eigenvalue weighted by molar-refractivity contribution is 5.79. The molecule has 4 N–H and O–H groups in total. The van der Waals surface area contributed by atoms with E-state index in [1.165, 1.54) is 0 Å². The van der Waals surface area contributed by atoms with Crippen molar-refractivity contribution in [2.45, 2.75) is 70.3 Å². The van der Waals surface area contributed by atoms with Crippen LogP contribution in [0.4, 0.5) is 18.0 Å². The predicted molar refractivity (Wildman–Crippen MR) is 73.3 cm³/mol. The SMILES string of the molecule is CC(C)(C)OC(=O)N[C@@H](CCCC(N)CC(F)(F)F)C(=O)O. The summed E-state index contributed by atoms with van der Waals surface area (Å²) in [5, 5.41) is 11.2. The topological polar surface area (TPSA) is 102 Å². The molecule has 6 nitrogen and oxygen atoms in total. The Kier molecular flexibility index (Phi) is 7.65. The Morgan fingerprint density at radius 2 is 1.77 bits per heavy atom. The van der Waals surface area contributed by atoms with Crippen LogP contribution in [0.15, 0.2) is 0 Å². The number of hydrogen-bond acceptors (Lipinski definition) is 4. The number of alkyl carbamates (subject to hydrolysis) is 1. The Morgan fingerprint density at radius 3 is 2.18 bits per heavy atom. The summed E-state index contributed by atoms with van der Waals surface area (Å²) in [5.74, 6) is -1.28. The second-order valence-electron chi connectivity index (χ2n) is 6.05. The Bertz CT molecular complexity index is 380. The van der Waals surface area contributed by atoms with Crippen molar-refractivity contribution in [3.63, 3.8) is 0 Å². The first-order valence-electron chi connectivity index (χ1n) is 6.85. The van der Waals surface area contributed by atoms with Crippen molar-refractivity contribution in [1.82, 2.24) is 5.32 Å². The van der Waals surface area contributed by atoms with Gasteiger partial charge in [0, 0.05) is 6.04 Å². The van der Waals surface area contributed by atoms with E-state index < -0.39 is 42.3 Å². The molecule has 0 aliphatic rings. The molecule has 130 valence electrons. The van der Waals surface area contributed by atoms with Gasteiger partial charge in [-0.1, -0.05) is 0 Å². The molecule has 0 heterocycles. The molecule has 0 spiro atoms. The molecule has 0 radical (unpaired) electrons. The van der Waals surface area contributed by atoms with Gasteiger partial charge in [-0.05, 0) is 40.0 Å². The molecule has 0 fully saturated rings. The molecule has 22 heavy (non-hydrogen) atoms. The number of halogens is 3. The zero-order valence-electron chi connectivity index (χ0n) is 12.9. The lowest BCUT2D eigenvalue weighted by molar-refractivity contribution is -0.141. The molecule has 1 unspecified atom stereocenters. The number of carbonyl (C=O) groups is 2. The summed E-state index contributed by atoms with van der Waals surface area (Å²) in [5.41, 5.74) is 4.55. The minimum Gasteiger partial charge on any atom is -0.480 e. The molecule has 0 saturated carbocycles. The van der Waals surface area contributed by atoms with Gasteiger partial charge >= 0.3 is 18.2 Å². The van der Waals surface area contributed by atoms with Gasteiger partial charge in [0.2, 0.25) is 0 Å². The van der Waals surface area contributed by atoms with E-state index in [2.05, 4.69) is 5.32 Å². The third-order valence-electron chi connectivity index (χ3n) is 2.55. The van der Waals surface area contributed by atoms with Crippen molar-refractivity contribution < 1.29 is 32.6 Å². The van der Waals surface area contributed by atoms with Gasteiger partial charge in [0.05, 0.1) is 6.42 Å². The maximum absolute atomic E-state index is 12.1. The van der Waals surface area contributed by atoms with Crippen LogP contribution in [0.5, 0.6) is 0 Å². The number of carboxylic acid groups (broad SMARTS) is 1. The fraction of sp³-hybridized carbons (Fsp3) is 0.846. The number of carbonyl (C=O) groups excluding carboxylic acids is 1. The van der Waals surface area contributed by atoms with Gasteiger partial charge in [0.1, 0.15) is 11.6 Å². The van der Waals surface area contributed by atoms with Crippen molar-refractivity contribution >= 4 is 12.1 Å². The Hall–Kier alpha value is -1.51. The molecule has 0 bridgehead atoms. The van der Waals surface area contributed by atoms with E-state index in [1.807, 2.05) is 0 Å². The second kappa shape index (κ2) is 8.21. The minimum atomic E-state index is -4.35. The third-order valence-corrected chi connectivity index (χ3v) is 2.55. The first-order chi connectivity index (χ1) is 9.80. The van der Waals surface area contributed by atoms with Crippen LogP contribution in [-0.4, -0.2) is 41.0 Å². The molecule has 0 aromatic rings. The maximum Gasteiger partial charge on any atom is 0.408 e. The summed E-state index contributed by atoms with van der Waals surface area (Å²) < 4.78 is 41.2. The highest BCUT2D eigenvalue weighted by atomic mass is 19.4. The van der Waals surface area contributed by atoms with Crippen LogP contribution in [0.3, 0.4) is 0 Å². The van der Waals surface area contributed by atoms with Crippen molar-refractivity contribution in [3.8, 4) is 0 Å². The van der Waals surface area contributed by atoms with Crippen LogP contribution < -0.4 is 11.1 Å². The summed E-state index contributed by atoms with van der Waals surface area (Å²) in [6.07, 6.45) is -6.23. The van der Waals surface area contributed by atoms with Crippen LogP contribution in [0.2, 0.25) is 0 Å². The van der Waals surface area contributed by atoms with Crippen LogP contribution in [0, 0.1) is 0 Å². The zero-order valence-corrected chi connectivity index (χ0v) is 12.9. The molecule has 2 atom stereocenters. The van der Waals surface area contributed by atoms with E-state index in [9.17, 15) is 22.8 Å². The predicted octanol–water partition coefficient (Wildman–Crippen LogP) is 2.41. The van der Waals surface area contributed by atoms with Crippen LogP contribution in [0.25, 0.3) is 0 Å². The third kappa shape index (κ3) is 11.2. The average Bonchev–Trinajstić information content (AvgIpc) is 2.22. The molecule has 9 heteroatoms. The van der Waals surface area contributed by atoms with Gasteiger partial charge in [0.15, 0.2) is 0 Å². The molecule has 0 rings (SSSR count). The number of hydrogen-bond donors (Lipinski definition) is 3. The van der Waals surface area contributed by atoms with Gasteiger partial charge in [-0.15, -0.1) is 0 Å². The van der Waals surface area contributed by atoms with Crippen LogP contribution in [-0.2, 0) is 9.53 Å². The summed E-state index contributed by atoms with van der Waals surface area (Å²) in [7, 11) is 0. The van der Waals surface area contributed by atoms with Crippen LogP contribution in [0.1, 0.15) is 46.5 Å². The number of carboxylic acids is 1. The molecule has 0 aromatic carbocycles. The lowest BCUT2D eigenvalue weighted by Crippen LogP contribution is -2.43. The van der Waals surface area contributed by atoms with E-state index >= 15 is 0 Å². The van der Waals surface area contributed by atoms with E-state index in [1.54, 1.807) is 20.8 Å². The van der Waals surface area contributed by atoms with Crippen molar-refractivity contribution in [3.05, 3.63) is 0 Å². The van der Waals surface area contributed by atoms with Crippen LogP contribution >= 0.6 is 0 Å². The van der Waals surface area contributed by atoms with E-state index in [4.69, 9.17) is 15.6 Å². The van der Waals surface area contributed by atoms with Gasteiger partial charge < -0.3 is 20.9 Å². The van der Waals surface area contributed by atoms with Gasteiger partial charge in [-0.25, -0.2) is 9.59 Å². The first kappa shape index (κ1) is 20.5. The summed E-state index contributed by atoms with van der Waals surface area (Å²) >= 11 is 0. The summed E-state index contributed by atoms with van der Waals surface area (Å²) in [6.45, 7) is 4.87. The quantitative estimate of drug-likeness (QED) is 0.666. The highest BCUT2D eigenvalue weighted by Gasteiger charge is 2.30. The molecular formula is C13H23F3N2O4. The normalized spacial score (nSPS) is 15.0. The molecule has 0 aromatic heterocycles. The first-order valence-corrected chi connectivity index (χ1v) is 6.85. The van der Waals surface area contributed by atoms with E-state index in [0.29, 0.717) is 0 Å². The lowest BCUT2D eigenvalue weighted by atomic mass is 10.0. The number of nitrogens with two attached hydrogens (primary N) is 1. The molecule has 1 amide bonds. The number of aliphatic carboxylic acids is 1. The smallest absolute Gasteiger partial charge is 0.408 e. The molecular weight excluding hydrogens is 305 g/mol.